The van der Waals surface area contributed by atoms with Gasteiger partial charge in [-0.15, -0.1) is 0 Å². The van der Waals surface area contributed by atoms with E-state index in [9.17, 15) is 27.6 Å². The Bertz CT molecular complexity index is 1270. The smallest absolute Gasteiger partial charge is 0.277 e. The van der Waals surface area contributed by atoms with Crippen LogP contribution in [-0.4, -0.2) is 30.1 Å². The van der Waals surface area contributed by atoms with Crippen LogP contribution in [0.15, 0.2) is 48.7 Å². The van der Waals surface area contributed by atoms with Crippen molar-refractivity contribution in [1.82, 2.24) is 4.98 Å². The van der Waals surface area contributed by atoms with Crippen LogP contribution in [0.3, 0.4) is 0 Å². The molecule has 1 aromatic heterocycles. The molecule has 0 spiro atoms. The Hall–Kier alpha value is -4.13. The lowest BCUT2D eigenvalue weighted by molar-refractivity contribution is 0.101. The summed E-state index contributed by atoms with van der Waals surface area (Å²) in [7, 11) is 0. The molecule has 0 bridgehead atoms. The van der Waals surface area contributed by atoms with Gasteiger partial charge < -0.3 is 15.0 Å². The van der Waals surface area contributed by atoms with Crippen molar-refractivity contribution in [2.24, 2.45) is 0 Å². The first-order chi connectivity index (χ1) is 16.3. The quantitative estimate of drug-likeness (QED) is 0.542. The third-order valence-corrected chi connectivity index (χ3v) is 5.37. The molecular formula is C24H18F4N4O2. The first-order valence-corrected chi connectivity index (χ1v) is 10.4. The second-order valence-electron chi connectivity index (χ2n) is 7.66. The number of rotatable bonds is 5. The van der Waals surface area contributed by atoms with Crippen molar-refractivity contribution in [3.8, 4) is 11.8 Å². The standard InChI is InChI=1S/C24H18F4N4O2/c25-15-2-4-22(18(27)10-15)34-17-5-7-32(8-6-17)21-3-1-14(12-29)9-20(21)31-24(33)23-19(28)11-16(26)13-30-23/h1-4,9-11,13,17H,5-8H2,(H,31,33). The largest absolute Gasteiger partial charge is 0.487 e. The van der Waals surface area contributed by atoms with E-state index in [1.165, 1.54) is 12.1 Å². The van der Waals surface area contributed by atoms with Gasteiger partial charge in [-0.2, -0.15) is 5.26 Å². The molecule has 1 aliphatic heterocycles. The van der Waals surface area contributed by atoms with Gasteiger partial charge in [0.05, 0.1) is 29.2 Å². The Kier molecular flexibility index (Phi) is 6.63. The van der Waals surface area contributed by atoms with Crippen LogP contribution in [-0.2, 0) is 0 Å². The van der Waals surface area contributed by atoms with Gasteiger partial charge in [0.15, 0.2) is 23.1 Å². The number of hydrogen-bond acceptors (Lipinski definition) is 5. The maximum absolute atomic E-state index is 14.0. The summed E-state index contributed by atoms with van der Waals surface area (Å²) in [6.45, 7) is 0.955. The normalized spacial score (nSPS) is 13.9. The summed E-state index contributed by atoms with van der Waals surface area (Å²) < 4.78 is 59.8. The molecule has 4 rings (SSSR count). The highest BCUT2D eigenvalue weighted by atomic mass is 19.1. The Labute approximate surface area is 192 Å². The molecule has 0 atom stereocenters. The molecule has 2 aromatic carbocycles. The van der Waals surface area contributed by atoms with E-state index in [1.807, 2.05) is 11.0 Å². The molecule has 1 amide bonds. The number of carbonyl (C=O) groups excluding carboxylic acids is 1. The second-order valence-corrected chi connectivity index (χ2v) is 7.66. The fourth-order valence-corrected chi connectivity index (χ4v) is 3.71. The average Bonchev–Trinajstić information content (AvgIpc) is 2.81. The monoisotopic (exact) mass is 470 g/mol. The number of ether oxygens (including phenoxy) is 1. The number of amides is 1. The number of benzene rings is 2. The summed E-state index contributed by atoms with van der Waals surface area (Å²) in [5.74, 6) is -4.40. The van der Waals surface area contributed by atoms with Gasteiger partial charge in [0.2, 0.25) is 0 Å². The Morgan fingerprint density at radius 3 is 2.44 bits per heavy atom. The average molecular weight is 470 g/mol. The van der Waals surface area contributed by atoms with E-state index < -0.39 is 34.9 Å². The van der Waals surface area contributed by atoms with Crippen LogP contribution in [0.5, 0.6) is 5.75 Å². The molecule has 1 saturated heterocycles. The van der Waals surface area contributed by atoms with E-state index in [0.717, 1.165) is 18.3 Å². The number of hydrogen-bond donors (Lipinski definition) is 1. The third kappa shape index (κ3) is 5.09. The molecule has 1 N–H and O–H groups in total. The maximum atomic E-state index is 14.0. The lowest BCUT2D eigenvalue weighted by Crippen LogP contribution is -2.38. The number of halogens is 4. The fourth-order valence-electron chi connectivity index (χ4n) is 3.71. The SMILES string of the molecule is N#Cc1ccc(N2CCC(Oc3ccc(F)cc3F)CC2)c(NC(=O)c2ncc(F)cc2F)c1. The van der Waals surface area contributed by atoms with E-state index in [4.69, 9.17) is 4.74 Å². The lowest BCUT2D eigenvalue weighted by atomic mass is 10.1. The van der Waals surface area contributed by atoms with Gasteiger partial charge in [0.1, 0.15) is 17.7 Å². The molecule has 2 heterocycles. The van der Waals surface area contributed by atoms with Crippen LogP contribution in [0.25, 0.3) is 0 Å². The molecule has 0 unspecified atom stereocenters. The summed E-state index contributed by atoms with van der Waals surface area (Å²) in [6.07, 6.45) is 1.46. The topological polar surface area (TPSA) is 78.3 Å². The zero-order valence-corrected chi connectivity index (χ0v) is 17.7. The van der Waals surface area contributed by atoms with Crippen molar-refractivity contribution in [2.75, 3.05) is 23.3 Å². The lowest BCUT2D eigenvalue weighted by Gasteiger charge is -2.34. The van der Waals surface area contributed by atoms with E-state index in [-0.39, 0.29) is 23.1 Å². The summed E-state index contributed by atoms with van der Waals surface area (Å²) in [4.78, 5) is 18.0. The second kappa shape index (κ2) is 9.79. The van der Waals surface area contributed by atoms with Gasteiger partial charge in [0, 0.05) is 38.1 Å². The number of anilines is 2. The third-order valence-electron chi connectivity index (χ3n) is 5.37. The number of nitrogens with zero attached hydrogens (tertiary/aromatic N) is 3. The highest BCUT2D eigenvalue weighted by Crippen LogP contribution is 2.31. The molecule has 0 saturated carbocycles. The molecule has 3 aromatic rings. The van der Waals surface area contributed by atoms with Gasteiger partial charge in [-0.1, -0.05) is 0 Å². The van der Waals surface area contributed by atoms with E-state index in [0.29, 0.717) is 37.7 Å². The zero-order valence-electron chi connectivity index (χ0n) is 17.7. The molecule has 10 heteroatoms. The van der Waals surface area contributed by atoms with Gasteiger partial charge in [-0.25, -0.2) is 22.5 Å². The van der Waals surface area contributed by atoms with Gasteiger partial charge in [-0.3, -0.25) is 4.79 Å². The van der Waals surface area contributed by atoms with E-state index >= 15 is 0 Å². The van der Waals surface area contributed by atoms with Crippen LogP contribution in [0, 0.1) is 34.6 Å². The molecule has 0 aliphatic carbocycles. The Balaban J connectivity index is 1.49. The van der Waals surface area contributed by atoms with Gasteiger partial charge >= 0.3 is 0 Å². The van der Waals surface area contributed by atoms with Crippen molar-refractivity contribution in [3.05, 3.63) is 83.2 Å². The highest BCUT2D eigenvalue weighted by molar-refractivity contribution is 6.05. The molecule has 174 valence electrons. The van der Waals surface area contributed by atoms with Crippen LogP contribution in [0.2, 0.25) is 0 Å². The van der Waals surface area contributed by atoms with Crippen LogP contribution in [0.1, 0.15) is 28.9 Å². The summed E-state index contributed by atoms with van der Waals surface area (Å²) >= 11 is 0. The highest BCUT2D eigenvalue weighted by Gasteiger charge is 2.25. The van der Waals surface area contributed by atoms with E-state index in [1.54, 1.807) is 12.1 Å². The molecule has 6 nitrogen and oxygen atoms in total. The minimum Gasteiger partial charge on any atom is -0.487 e. The molecule has 1 aliphatic rings. The van der Waals surface area contributed by atoms with Crippen LogP contribution >= 0.6 is 0 Å². The van der Waals surface area contributed by atoms with Crippen molar-refractivity contribution < 1.29 is 27.1 Å². The molecule has 1 fully saturated rings. The van der Waals surface area contributed by atoms with Crippen molar-refractivity contribution in [1.29, 1.82) is 5.26 Å². The molecule has 34 heavy (non-hydrogen) atoms. The number of nitriles is 1. The van der Waals surface area contributed by atoms with E-state index in [2.05, 4.69) is 10.3 Å². The van der Waals surface area contributed by atoms with Crippen molar-refractivity contribution in [2.45, 2.75) is 18.9 Å². The van der Waals surface area contributed by atoms with Crippen molar-refractivity contribution >= 4 is 17.3 Å². The Morgan fingerprint density at radius 1 is 1.03 bits per heavy atom. The predicted octanol–water partition coefficient (Wildman–Crippen LogP) is 4.81. The number of aromatic nitrogens is 1. The zero-order chi connectivity index (χ0) is 24.2. The summed E-state index contributed by atoms with van der Waals surface area (Å²) in [6, 6.07) is 10.4. The summed E-state index contributed by atoms with van der Waals surface area (Å²) in [5, 5.41) is 11.8. The first-order valence-electron chi connectivity index (χ1n) is 10.4. The number of piperidine rings is 1. The maximum Gasteiger partial charge on any atom is 0.277 e. The Morgan fingerprint density at radius 2 is 1.76 bits per heavy atom. The fraction of sp³-hybridized carbons (Fsp3) is 0.208. The predicted molar refractivity (Wildman–Crippen MR) is 115 cm³/mol. The number of carbonyl (C=O) groups is 1. The number of nitrogens with one attached hydrogen (secondary N) is 1. The summed E-state index contributed by atoms with van der Waals surface area (Å²) in [5.41, 5.74) is 0.541. The minimum absolute atomic E-state index is 0.0278. The van der Waals surface area contributed by atoms with Gasteiger partial charge in [0.25, 0.3) is 5.91 Å². The van der Waals surface area contributed by atoms with Crippen LogP contribution < -0.4 is 15.0 Å². The minimum atomic E-state index is -1.11. The van der Waals surface area contributed by atoms with Crippen LogP contribution in [0.4, 0.5) is 28.9 Å². The molecular weight excluding hydrogens is 452 g/mol. The van der Waals surface area contributed by atoms with Crippen molar-refractivity contribution in [3.63, 3.8) is 0 Å². The number of pyridine rings is 1. The molecule has 0 radical (unpaired) electrons. The first kappa shape index (κ1) is 23.0. The van der Waals surface area contributed by atoms with Gasteiger partial charge in [-0.05, 0) is 30.3 Å².